The van der Waals surface area contributed by atoms with Gasteiger partial charge >= 0.3 is 0 Å². The maximum absolute atomic E-state index is 12.0. The van der Waals surface area contributed by atoms with E-state index in [1.54, 1.807) is 18.2 Å². The predicted molar refractivity (Wildman–Crippen MR) is 70.3 cm³/mol. The number of amides is 1. The minimum Gasteiger partial charge on any atom is -0.266 e. The van der Waals surface area contributed by atoms with E-state index in [1.165, 1.54) is 30.5 Å². The summed E-state index contributed by atoms with van der Waals surface area (Å²) >= 11 is 5.79. The molecule has 1 aromatic carbocycles. The van der Waals surface area contributed by atoms with Crippen molar-refractivity contribution in [1.29, 1.82) is 0 Å². The van der Waals surface area contributed by atoms with Gasteiger partial charge in [-0.15, -0.1) is 0 Å². The van der Waals surface area contributed by atoms with Crippen LogP contribution in [-0.4, -0.2) is 19.3 Å². The van der Waals surface area contributed by atoms with E-state index in [9.17, 15) is 13.2 Å². The molecule has 0 bridgehead atoms. The third-order valence-electron chi connectivity index (χ3n) is 2.25. The highest BCUT2D eigenvalue weighted by Crippen LogP contribution is 2.20. The van der Waals surface area contributed by atoms with Crippen LogP contribution in [0.15, 0.2) is 53.6 Å². The molecular weight excluding hydrogens is 288 g/mol. The standard InChI is InChI=1S/C12H9ClN2O3S/c13-9-5-1-2-7-11(9)19(17,18)15-12(16)10-6-3-4-8-14-10/h1-8H,(H,15,16). The van der Waals surface area contributed by atoms with Gasteiger partial charge in [0.15, 0.2) is 0 Å². The molecule has 1 aromatic heterocycles. The van der Waals surface area contributed by atoms with Crippen molar-refractivity contribution in [2.75, 3.05) is 0 Å². The van der Waals surface area contributed by atoms with E-state index < -0.39 is 15.9 Å². The average molecular weight is 297 g/mol. The number of benzene rings is 1. The fraction of sp³-hybridized carbons (Fsp3) is 0. The lowest BCUT2D eigenvalue weighted by atomic mass is 10.3. The Hall–Kier alpha value is -1.92. The second kappa shape index (κ2) is 5.38. The number of carbonyl (C=O) groups is 1. The second-order valence-corrected chi connectivity index (χ2v) is 5.64. The van der Waals surface area contributed by atoms with E-state index in [-0.39, 0.29) is 15.6 Å². The molecule has 1 heterocycles. The topological polar surface area (TPSA) is 76.1 Å². The van der Waals surface area contributed by atoms with Gasteiger partial charge in [0, 0.05) is 6.20 Å². The number of carbonyl (C=O) groups excluding carboxylic acids is 1. The summed E-state index contributed by atoms with van der Waals surface area (Å²) in [6.45, 7) is 0. The molecule has 0 fully saturated rings. The molecule has 0 aliphatic heterocycles. The van der Waals surface area contributed by atoms with Gasteiger partial charge in [-0.3, -0.25) is 9.78 Å². The van der Waals surface area contributed by atoms with Gasteiger partial charge < -0.3 is 0 Å². The smallest absolute Gasteiger partial charge is 0.266 e. The number of sulfonamides is 1. The summed E-state index contributed by atoms with van der Waals surface area (Å²) in [6, 6.07) is 10.5. The zero-order valence-electron chi connectivity index (χ0n) is 9.58. The summed E-state index contributed by atoms with van der Waals surface area (Å²) < 4.78 is 25.9. The third-order valence-corrected chi connectivity index (χ3v) is 4.08. The molecule has 98 valence electrons. The summed E-state index contributed by atoms with van der Waals surface area (Å²) in [5.74, 6) is -0.805. The summed E-state index contributed by atoms with van der Waals surface area (Å²) in [5, 5.41) is 0.0452. The molecule has 1 amide bonds. The fourth-order valence-corrected chi connectivity index (χ4v) is 2.87. The van der Waals surface area contributed by atoms with Crippen molar-refractivity contribution < 1.29 is 13.2 Å². The van der Waals surface area contributed by atoms with Crippen molar-refractivity contribution in [2.45, 2.75) is 4.90 Å². The zero-order valence-corrected chi connectivity index (χ0v) is 11.1. The summed E-state index contributed by atoms with van der Waals surface area (Å²) in [4.78, 5) is 15.4. The summed E-state index contributed by atoms with van der Waals surface area (Å²) in [6.07, 6.45) is 1.40. The number of aromatic nitrogens is 1. The van der Waals surface area contributed by atoms with Crippen LogP contribution in [0.3, 0.4) is 0 Å². The average Bonchev–Trinajstić information content (AvgIpc) is 2.39. The van der Waals surface area contributed by atoms with Crippen LogP contribution in [0.1, 0.15) is 10.5 Å². The predicted octanol–water partition coefficient (Wildman–Crippen LogP) is 1.85. The lowest BCUT2D eigenvalue weighted by molar-refractivity contribution is 0.0976. The van der Waals surface area contributed by atoms with Crippen LogP contribution in [0.4, 0.5) is 0 Å². The molecule has 0 spiro atoms. The molecule has 0 aliphatic carbocycles. The number of hydrogen-bond acceptors (Lipinski definition) is 4. The maximum atomic E-state index is 12.0. The summed E-state index contributed by atoms with van der Waals surface area (Å²) in [5.41, 5.74) is 0.0122. The Bertz CT molecular complexity index is 702. The Morgan fingerprint density at radius 2 is 1.79 bits per heavy atom. The molecule has 1 N–H and O–H groups in total. The highest BCUT2D eigenvalue weighted by molar-refractivity contribution is 7.90. The highest BCUT2D eigenvalue weighted by Gasteiger charge is 2.21. The van der Waals surface area contributed by atoms with Crippen LogP contribution >= 0.6 is 11.6 Å². The number of halogens is 1. The molecular formula is C12H9ClN2O3S. The Labute approximate surface area is 115 Å². The van der Waals surface area contributed by atoms with E-state index in [2.05, 4.69) is 4.98 Å². The molecule has 0 unspecified atom stereocenters. The van der Waals surface area contributed by atoms with Gasteiger partial charge in [0.2, 0.25) is 0 Å². The highest BCUT2D eigenvalue weighted by atomic mass is 35.5. The molecule has 0 aliphatic rings. The normalized spacial score (nSPS) is 11.0. The number of pyridine rings is 1. The van der Waals surface area contributed by atoms with Crippen molar-refractivity contribution in [3.8, 4) is 0 Å². The van der Waals surface area contributed by atoms with E-state index >= 15 is 0 Å². The van der Waals surface area contributed by atoms with E-state index in [0.717, 1.165) is 0 Å². The molecule has 0 radical (unpaired) electrons. The van der Waals surface area contributed by atoms with Crippen molar-refractivity contribution >= 4 is 27.5 Å². The quantitative estimate of drug-likeness (QED) is 0.938. The number of rotatable bonds is 3. The SMILES string of the molecule is O=C(NS(=O)(=O)c1ccccc1Cl)c1ccccn1. The van der Waals surface area contributed by atoms with Gasteiger partial charge in [-0.25, -0.2) is 13.1 Å². The van der Waals surface area contributed by atoms with Gasteiger partial charge in [0.25, 0.3) is 15.9 Å². The Kier molecular flexibility index (Phi) is 3.82. The number of nitrogens with one attached hydrogen (secondary N) is 1. The van der Waals surface area contributed by atoms with Crippen LogP contribution in [0, 0.1) is 0 Å². The minimum atomic E-state index is -4.01. The third kappa shape index (κ3) is 3.10. The first-order valence-electron chi connectivity index (χ1n) is 5.23. The molecule has 7 heteroatoms. The van der Waals surface area contributed by atoms with Crippen molar-refractivity contribution in [3.63, 3.8) is 0 Å². The molecule has 0 saturated heterocycles. The second-order valence-electron chi connectivity index (χ2n) is 3.58. The largest absolute Gasteiger partial charge is 0.283 e. The van der Waals surface area contributed by atoms with Crippen molar-refractivity contribution in [2.24, 2.45) is 0 Å². The van der Waals surface area contributed by atoms with Crippen LogP contribution in [-0.2, 0) is 10.0 Å². The molecule has 2 rings (SSSR count). The first-order valence-corrected chi connectivity index (χ1v) is 7.09. The Morgan fingerprint density at radius 3 is 2.42 bits per heavy atom. The van der Waals surface area contributed by atoms with Crippen molar-refractivity contribution in [1.82, 2.24) is 9.71 Å². The van der Waals surface area contributed by atoms with Crippen LogP contribution < -0.4 is 4.72 Å². The van der Waals surface area contributed by atoms with Gasteiger partial charge in [-0.1, -0.05) is 29.8 Å². The first-order chi connectivity index (χ1) is 9.00. The maximum Gasteiger partial charge on any atom is 0.283 e. The van der Waals surface area contributed by atoms with Gasteiger partial charge in [0.05, 0.1) is 5.02 Å². The lowest BCUT2D eigenvalue weighted by Gasteiger charge is -2.07. The Balaban J connectivity index is 2.29. The monoisotopic (exact) mass is 296 g/mol. The van der Waals surface area contributed by atoms with Crippen LogP contribution in [0.5, 0.6) is 0 Å². The van der Waals surface area contributed by atoms with E-state index in [4.69, 9.17) is 11.6 Å². The van der Waals surface area contributed by atoms with Gasteiger partial charge in [-0.2, -0.15) is 0 Å². The molecule has 2 aromatic rings. The minimum absolute atomic E-state index is 0.0122. The van der Waals surface area contributed by atoms with E-state index in [1.807, 2.05) is 4.72 Å². The van der Waals surface area contributed by atoms with Crippen LogP contribution in [0.2, 0.25) is 5.02 Å². The number of nitrogens with zero attached hydrogens (tertiary/aromatic N) is 1. The molecule has 19 heavy (non-hydrogen) atoms. The fourth-order valence-electron chi connectivity index (χ4n) is 1.39. The Morgan fingerprint density at radius 1 is 1.11 bits per heavy atom. The number of hydrogen-bond donors (Lipinski definition) is 1. The van der Waals surface area contributed by atoms with Gasteiger partial charge in [0.1, 0.15) is 10.6 Å². The van der Waals surface area contributed by atoms with E-state index in [0.29, 0.717) is 0 Å². The molecule has 0 saturated carbocycles. The zero-order chi connectivity index (χ0) is 13.9. The van der Waals surface area contributed by atoms with Crippen molar-refractivity contribution in [3.05, 3.63) is 59.4 Å². The molecule has 0 atom stereocenters. The molecule has 5 nitrogen and oxygen atoms in total. The summed E-state index contributed by atoms with van der Waals surface area (Å²) in [7, 11) is -4.01. The van der Waals surface area contributed by atoms with Crippen LogP contribution in [0.25, 0.3) is 0 Å². The van der Waals surface area contributed by atoms with Gasteiger partial charge in [-0.05, 0) is 24.3 Å². The first kappa shape index (κ1) is 13.5. The lowest BCUT2D eigenvalue weighted by Crippen LogP contribution is -2.31.